The summed E-state index contributed by atoms with van der Waals surface area (Å²) in [6.07, 6.45) is -12.4. The van der Waals surface area contributed by atoms with E-state index in [-0.39, 0.29) is 17.3 Å². The first-order chi connectivity index (χ1) is 19.0. The molecule has 226 valence electrons. The second kappa shape index (κ2) is 11.3. The first-order valence-electron chi connectivity index (χ1n) is 12.8. The molecule has 0 aliphatic carbocycles. The number of hydrogen-bond acceptors (Lipinski definition) is 6. The van der Waals surface area contributed by atoms with Gasteiger partial charge in [-0.25, -0.2) is 8.42 Å². The Morgan fingerprint density at radius 3 is 2.10 bits per heavy atom. The van der Waals surface area contributed by atoms with Crippen LogP contribution in [0.5, 0.6) is 0 Å². The number of anilines is 2. The quantitative estimate of drug-likeness (QED) is 0.413. The lowest BCUT2D eigenvalue weighted by Gasteiger charge is -2.32. The first-order valence-corrected chi connectivity index (χ1v) is 14.7. The number of hydrogen-bond donors (Lipinski definition) is 1. The summed E-state index contributed by atoms with van der Waals surface area (Å²) in [6, 6.07) is 11.2. The van der Waals surface area contributed by atoms with E-state index >= 15 is 0 Å². The number of para-hydroxylation sites is 1. The Kier molecular flexibility index (Phi) is 8.63. The van der Waals surface area contributed by atoms with Gasteiger partial charge in [-0.3, -0.25) is 5.01 Å². The Morgan fingerprint density at radius 2 is 1.54 bits per heavy atom. The van der Waals surface area contributed by atoms with Crippen LogP contribution < -0.4 is 9.91 Å². The Labute approximate surface area is 239 Å². The molecule has 0 aromatic heterocycles. The van der Waals surface area contributed by atoms with Gasteiger partial charge >= 0.3 is 12.4 Å². The lowest BCUT2D eigenvalue weighted by atomic mass is 9.90. The maximum absolute atomic E-state index is 13.7. The molecule has 2 heterocycles. The summed E-state index contributed by atoms with van der Waals surface area (Å²) in [6.45, 7) is 4.82. The van der Waals surface area contributed by atoms with Crippen molar-refractivity contribution in [3.05, 3.63) is 59.1 Å². The molecule has 1 unspecified atom stereocenters. The molecule has 4 rings (SSSR count). The summed E-state index contributed by atoms with van der Waals surface area (Å²) in [5.74, 6) is 0. The fourth-order valence-electron chi connectivity index (χ4n) is 4.95. The summed E-state index contributed by atoms with van der Waals surface area (Å²) in [5, 5.41) is 14.2. The van der Waals surface area contributed by atoms with Crippen molar-refractivity contribution in [2.75, 3.05) is 36.1 Å². The van der Waals surface area contributed by atoms with Crippen LogP contribution in [-0.4, -0.2) is 72.9 Å². The number of rotatable bonds is 6. The Balaban J connectivity index is 1.64. The molecular formula is C26H29ClF6N4O3S. The molecule has 0 bridgehead atoms. The van der Waals surface area contributed by atoms with Crippen LogP contribution in [0, 0.1) is 0 Å². The highest BCUT2D eigenvalue weighted by atomic mass is 35.5. The lowest BCUT2D eigenvalue weighted by Crippen LogP contribution is -2.62. The van der Waals surface area contributed by atoms with Crippen LogP contribution in [0.15, 0.2) is 53.6 Å². The van der Waals surface area contributed by atoms with Crippen LogP contribution in [0.3, 0.4) is 0 Å². The molecule has 15 heteroatoms. The molecule has 2 aromatic carbocycles. The van der Waals surface area contributed by atoms with E-state index in [2.05, 4.69) is 5.10 Å². The van der Waals surface area contributed by atoms with Gasteiger partial charge in [0.25, 0.3) is 5.60 Å². The average molecular weight is 627 g/mol. The van der Waals surface area contributed by atoms with Crippen molar-refractivity contribution in [2.24, 2.45) is 5.10 Å². The van der Waals surface area contributed by atoms with Gasteiger partial charge in [0.15, 0.2) is 0 Å². The summed E-state index contributed by atoms with van der Waals surface area (Å²) in [5.41, 5.74) is -5.52. The van der Waals surface area contributed by atoms with Gasteiger partial charge in [0.05, 0.1) is 27.7 Å². The molecule has 0 amide bonds. The summed E-state index contributed by atoms with van der Waals surface area (Å²) < 4.78 is 109. The highest BCUT2D eigenvalue weighted by molar-refractivity contribution is 7.89. The van der Waals surface area contributed by atoms with Gasteiger partial charge in [-0.05, 0) is 50.1 Å². The zero-order valence-electron chi connectivity index (χ0n) is 22.1. The zero-order chi connectivity index (χ0) is 30.4. The summed E-state index contributed by atoms with van der Waals surface area (Å²) in [7, 11) is -3.42. The molecule has 2 aromatic rings. The molecule has 0 radical (unpaired) electrons. The molecular weight excluding hydrogens is 598 g/mol. The van der Waals surface area contributed by atoms with Crippen LogP contribution in [-0.2, 0) is 10.0 Å². The largest absolute Gasteiger partial charge is 0.431 e. The van der Waals surface area contributed by atoms with Crippen molar-refractivity contribution in [1.29, 1.82) is 0 Å². The van der Waals surface area contributed by atoms with E-state index in [1.165, 1.54) is 22.5 Å². The van der Waals surface area contributed by atoms with Gasteiger partial charge in [0.2, 0.25) is 10.0 Å². The monoisotopic (exact) mass is 626 g/mol. The van der Waals surface area contributed by atoms with Crippen LogP contribution >= 0.6 is 11.6 Å². The molecule has 41 heavy (non-hydrogen) atoms. The first kappa shape index (κ1) is 31.4. The van der Waals surface area contributed by atoms with Crippen molar-refractivity contribution in [3.63, 3.8) is 0 Å². The van der Waals surface area contributed by atoms with E-state index in [0.717, 1.165) is 5.01 Å². The van der Waals surface area contributed by atoms with Crippen molar-refractivity contribution in [3.8, 4) is 0 Å². The fraction of sp³-hybridized carbons (Fsp3) is 0.500. The number of alkyl halides is 6. The van der Waals surface area contributed by atoms with Crippen molar-refractivity contribution in [1.82, 2.24) is 4.31 Å². The maximum Gasteiger partial charge on any atom is 0.431 e. The molecule has 0 spiro atoms. The van der Waals surface area contributed by atoms with Crippen molar-refractivity contribution < 1.29 is 39.9 Å². The van der Waals surface area contributed by atoms with Gasteiger partial charge in [-0.2, -0.15) is 35.7 Å². The molecule has 2 aliphatic heterocycles. The molecule has 1 fully saturated rings. The van der Waals surface area contributed by atoms with Gasteiger partial charge in [-0.1, -0.05) is 35.9 Å². The smallest absolute Gasteiger partial charge is 0.370 e. The molecule has 1 N–H and O–H groups in total. The normalized spacial score (nSPS) is 20.0. The van der Waals surface area contributed by atoms with E-state index < -0.39 is 51.4 Å². The standard InChI is InChI=1S/C26H29ClF6N4O3S/c1-17(2)41(39,40)36-13-5-12-35(14-15-36)19-10-8-18(9-11-19)22-16-23(24(38,25(28,29)30)26(31,32)33)34-37(22)21-7-4-3-6-20(21)27/h3-4,6-11,17,22,38H,5,12-16H2,1-2H3. The summed E-state index contributed by atoms with van der Waals surface area (Å²) >= 11 is 6.23. The topological polar surface area (TPSA) is 76.5 Å². The molecule has 1 atom stereocenters. The zero-order valence-corrected chi connectivity index (χ0v) is 23.7. The number of nitrogens with zero attached hydrogens (tertiary/aromatic N) is 4. The minimum Gasteiger partial charge on any atom is -0.370 e. The highest BCUT2D eigenvalue weighted by Gasteiger charge is 2.74. The molecule has 0 saturated carbocycles. The minimum absolute atomic E-state index is 0.0483. The number of sulfonamides is 1. The van der Waals surface area contributed by atoms with Gasteiger partial charge in [-0.15, -0.1) is 0 Å². The van der Waals surface area contributed by atoms with E-state index in [1.807, 2.05) is 4.90 Å². The Hall–Kier alpha value is -2.55. The van der Waals surface area contributed by atoms with E-state index in [9.17, 15) is 39.9 Å². The van der Waals surface area contributed by atoms with Gasteiger partial charge in [0.1, 0.15) is 0 Å². The second-order valence-corrected chi connectivity index (χ2v) is 13.1. The van der Waals surface area contributed by atoms with Gasteiger partial charge in [0, 0.05) is 38.3 Å². The average Bonchev–Trinajstić information content (AvgIpc) is 3.17. The predicted molar refractivity (Wildman–Crippen MR) is 145 cm³/mol. The Bertz CT molecular complexity index is 1370. The van der Waals surface area contributed by atoms with Crippen LogP contribution in [0.4, 0.5) is 37.7 Å². The van der Waals surface area contributed by atoms with Crippen molar-refractivity contribution in [2.45, 2.75) is 55.9 Å². The number of aliphatic hydroxyl groups is 1. The lowest BCUT2D eigenvalue weighted by molar-refractivity contribution is -0.338. The number of halogens is 7. The van der Waals surface area contributed by atoms with E-state index in [0.29, 0.717) is 37.3 Å². The van der Waals surface area contributed by atoms with Crippen LogP contribution in [0.25, 0.3) is 0 Å². The summed E-state index contributed by atoms with van der Waals surface area (Å²) in [4.78, 5) is 1.97. The highest BCUT2D eigenvalue weighted by Crippen LogP contribution is 2.49. The third-order valence-electron chi connectivity index (χ3n) is 7.30. The van der Waals surface area contributed by atoms with Crippen molar-refractivity contribution >= 4 is 38.7 Å². The SMILES string of the molecule is CC(C)S(=O)(=O)N1CCCN(c2ccc(C3CC(C(O)(C(F)(F)F)C(F)(F)F)=NN3c3ccccc3Cl)cc2)CC1. The minimum atomic E-state index is -6.07. The third-order valence-corrected chi connectivity index (χ3v) is 9.90. The van der Waals surface area contributed by atoms with Crippen LogP contribution in [0.1, 0.15) is 38.3 Å². The van der Waals surface area contributed by atoms with E-state index in [4.69, 9.17) is 11.6 Å². The molecule has 1 saturated heterocycles. The second-order valence-electron chi connectivity index (χ2n) is 10.2. The number of hydrazone groups is 1. The maximum atomic E-state index is 13.7. The van der Waals surface area contributed by atoms with E-state index in [1.54, 1.807) is 44.2 Å². The molecule has 7 nitrogen and oxygen atoms in total. The third kappa shape index (κ3) is 5.88. The molecule has 2 aliphatic rings. The fourth-order valence-corrected chi connectivity index (χ4v) is 6.49. The van der Waals surface area contributed by atoms with Gasteiger partial charge < -0.3 is 10.0 Å². The number of benzene rings is 2. The Morgan fingerprint density at radius 1 is 0.927 bits per heavy atom. The van der Waals surface area contributed by atoms with Crippen LogP contribution in [0.2, 0.25) is 5.02 Å². The predicted octanol–water partition coefficient (Wildman–Crippen LogP) is 5.75.